The Labute approximate surface area is 113 Å². The number of aliphatic carboxylic acids is 1. The van der Waals surface area contributed by atoms with E-state index in [0.717, 1.165) is 12.1 Å². The molecule has 0 saturated carbocycles. The summed E-state index contributed by atoms with van der Waals surface area (Å²) in [5.41, 5.74) is -0.389. The number of nitro groups is 1. The molecule has 0 saturated heterocycles. The summed E-state index contributed by atoms with van der Waals surface area (Å²) in [7, 11) is 0. The molecule has 0 unspecified atom stereocenters. The van der Waals surface area contributed by atoms with E-state index in [1.165, 1.54) is 6.07 Å². The number of rotatable bonds is 5. The number of halogens is 1. The summed E-state index contributed by atoms with van der Waals surface area (Å²) in [4.78, 5) is 32.5. The number of benzene rings is 1. The number of hydrogen-bond donors (Lipinski definition) is 2. The first-order valence-electron chi connectivity index (χ1n) is 5.33. The average molecular weight is 287 g/mol. The number of carboxylic acid groups (broad SMARTS) is 1. The van der Waals surface area contributed by atoms with Gasteiger partial charge in [-0.2, -0.15) is 0 Å². The second kappa shape index (κ2) is 6.14. The molecule has 1 atom stereocenters. The molecule has 0 bridgehead atoms. The van der Waals surface area contributed by atoms with Crippen LogP contribution in [0.1, 0.15) is 23.7 Å². The van der Waals surface area contributed by atoms with Crippen LogP contribution in [0.4, 0.5) is 5.69 Å². The Kier molecular flexibility index (Phi) is 4.82. The Morgan fingerprint density at radius 2 is 2.11 bits per heavy atom. The minimum absolute atomic E-state index is 0.0303. The van der Waals surface area contributed by atoms with Crippen molar-refractivity contribution >= 4 is 29.2 Å². The van der Waals surface area contributed by atoms with E-state index in [1.807, 2.05) is 0 Å². The van der Waals surface area contributed by atoms with Crippen LogP contribution in [0.15, 0.2) is 18.2 Å². The van der Waals surface area contributed by atoms with Crippen LogP contribution >= 0.6 is 11.6 Å². The highest BCUT2D eigenvalue weighted by molar-refractivity contribution is 6.31. The van der Waals surface area contributed by atoms with Crippen LogP contribution in [-0.2, 0) is 4.79 Å². The molecule has 1 aromatic rings. The summed E-state index contributed by atoms with van der Waals surface area (Å²) in [6.07, 6.45) is 0.198. The molecule has 7 nitrogen and oxygen atoms in total. The van der Waals surface area contributed by atoms with Gasteiger partial charge in [0.25, 0.3) is 11.6 Å². The van der Waals surface area contributed by atoms with Crippen molar-refractivity contribution in [2.75, 3.05) is 0 Å². The molecule has 19 heavy (non-hydrogen) atoms. The Hall–Kier alpha value is -2.15. The van der Waals surface area contributed by atoms with E-state index >= 15 is 0 Å². The lowest BCUT2D eigenvalue weighted by molar-refractivity contribution is -0.384. The molecular formula is C11H11ClN2O5. The molecule has 0 aliphatic heterocycles. The Morgan fingerprint density at radius 1 is 1.47 bits per heavy atom. The second-order valence-corrected chi connectivity index (χ2v) is 4.16. The second-order valence-electron chi connectivity index (χ2n) is 3.73. The maximum atomic E-state index is 11.8. The smallest absolute Gasteiger partial charge is 0.326 e. The van der Waals surface area contributed by atoms with E-state index in [-0.39, 0.29) is 22.7 Å². The standard InChI is InChI=1S/C11H11ClN2O5/c1-2-9(11(16)17)13-10(15)6-3-7(12)5-8(4-6)14(18)19/h3-5,9H,2H2,1H3,(H,13,15)(H,16,17)/t9-/m1/s1. The summed E-state index contributed by atoms with van der Waals surface area (Å²) < 4.78 is 0. The van der Waals surface area contributed by atoms with Gasteiger partial charge in [-0.1, -0.05) is 18.5 Å². The zero-order valence-corrected chi connectivity index (χ0v) is 10.7. The van der Waals surface area contributed by atoms with Gasteiger partial charge in [0, 0.05) is 22.7 Å². The molecule has 2 N–H and O–H groups in total. The highest BCUT2D eigenvalue weighted by atomic mass is 35.5. The SMILES string of the molecule is CC[C@@H](NC(=O)c1cc(Cl)cc([N+](=O)[O-])c1)C(=O)O. The lowest BCUT2D eigenvalue weighted by atomic mass is 10.1. The molecule has 0 aliphatic carbocycles. The fourth-order valence-electron chi connectivity index (χ4n) is 1.39. The lowest BCUT2D eigenvalue weighted by Gasteiger charge is -2.12. The van der Waals surface area contributed by atoms with Crippen LogP contribution in [0.3, 0.4) is 0 Å². The largest absolute Gasteiger partial charge is 0.480 e. The van der Waals surface area contributed by atoms with E-state index < -0.39 is 22.8 Å². The van der Waals surface area contributed by atoms with Crippen LogP contribution in [0.2, 0.25) is 5.02 Å². The molecule has 0 aromatic heterocycles. The Balaban J connectivity index is 2.99. The van der Waals surface area contributed by atoms with Crippen molar-refractivity contribution < 1.29 is 19.6 Å². The molecule has 102 valence electrons. The van der Waals surface area contributed by atoms with Crippen molar-refractivity contribution in [2.24, 2.45) is 0 Å². The van der Waals surface area contributed by atoms with Gasteiger partial charge >= 0.3 is 5.97 Å². The highest BCUT2D eigenvalue weighted by Crippen LogP contribution is 2.20. The number of nitrogens with zero attached hydrogens (tertiary/aromatic N) is 1. The van der Waals surface area contributed by atoms with Gasteiger partial charge in [0.1, 0.15) is 6.04 Å². The third kappa shape index (κ3) is 3.92. The monoisotopic (exact) mass is 286 g/mol. The molecule has 1 amide bonds. The minimum Gasteiger partial charge on any atom is -0.480 e. The van der Waals surface area contributed by atoms with Crippen LogP contribution in [-0.4, -0.2) is 27.9 Å². The van der Waals surface area contributed by atoms with Crippen molar-refractivity contribution in [1.29, 1.82) is 0 Å². The van der Waals surface area contributed by atoms with Gasteiger partial charge in [-0.3, -0.25) is 14.9 Å². The van der Waals surface area contributed by atoms with E-state index in [9.17, 15) is 19.7 Å². The van der Waals surface area contributed by atoms with Crippen LogP contribution in [0, 0.1) is 10.1 Å². The van der Waals surface area contributed by atoms with E-state index in [0.29, 0.717) is 0 Å². The number of nitrogens with one attached hydrogen (secondary N) is 1. The number of carbonyl (C=O) groups is 2. The van der Waals surface area contributed by atoms with Crippen molar-refractivity contribution in [1.82, 2.24) is 5.32 Å². The van der Waals surface area contributed by atoms with Gasteiger partial charge in [0.2, 0.25) is 0 Å². The molecule has 8 heteroatoms. The fourth-order valence-corrected chi connectivity index (χ4v) is 1.62. The number of carbonyl (C=O) groups excluding carboxylic acids is 1. The third-order valence-electron chi connectivity index (χ3n) is 2.37. The maximum absolute atomic E-state index is 11.8. The molecule has 0 spiro atoms. The van der Waals surface area contributed by atoms with Crippen molar-refractivity contribution in [3.8, 4) is 0 Å². The minimum atomic E-state index is -1.17. The Bertz CT molecular complexity index is 532. The first-order chi connectivity index (χ1) is 8.85. The number of hydrogen-bond acceptors (Lipinski definition) is 4. The molecule has 1 rings (SSSR count). The first-order valence-corrected chi connectivity index (χ1v) is 5.71. The topological polar surface area (TPSA) is 110 Å². The summed E-state index contributed by atoms with van der Waals surface area (Å²) in [6, 6.07) is 2.33. The summed E-state index contributed by atoms with van der Waals surface area (Å²) >= 11 is 5.67. The third-order valence-corrected chi connectivity index (χ3v) is 2.59. The van der Waals surface area contributed by atoms with Gasteiger partial charge < -0.3 is 10.4 Å². The van der Waals surface area contributed by atoms with Crippen LogP contribution in [0.5, 0.6) is 0 Å². The van der Waals surface area contributed by atoms with Gasteiger partial charge in [-0.05, 0) is 12.5 Å². The first kappa shape index (κ1) is 14.9. The molecular weight excluding hydrogens is 276 g/mol. The molecule has 0 aliphatic rings. The van der Waals surface area contributed by atoms with Crippen LogP contribution in [0.25, 0.3) is 0 Å². The summed E-state index contributed by atoms with van der Waals surface area (Å²) in [5.74, 6) is -1.90. The van der Waals surface area contributed by atoms with Gasteiger partial charge in [0.05, 0.1) is 4.92 Å². The van der Waals surface area contributed by atoms with Crippen molar-refractivity contribution in [3.05, 3.63) is 38.9 Å². The van der Waals surface area contributed by atoms with Crippen molar-refractivity contribution in [3.63, 3.8) is 0 Å². The number of carboxylic acids is 1. The van der Waals surface area contributed by atoms with Crippen molar-refractivity contribution in [2.45, 2.75) is 19.4 Å². The van der Waals surface area contributed by atoms with Gasteiger partial charge in [-0.15, -0.1) is 0 Å². The summed E-state index contributed by atoms with van der Waals surface area (Å²) in [6.45, 7) is 1.60. The number of nitro benzene ring substituents is 1. The Morgan fingerprint density at radius 3 is 2.58 bits per heavy atom. The quantitative estimate of drug-likeness (QED) is 0.634. The van der Waals surface area contributed by atoms with Gasteiger partial charge in [-0.25, -0.2) is 4.79 Å². The zero-order chi connectivity index (χ0) is 14.6. The maximum Gasteiger partial charge on any atom is 0.326 e. The normalized spacial score (nSPS) is 11.7. The molecule has 0 heterocycles. The molecule has 0 fully saturated rings. The highest BCUT2D eigenvalue weighted by Gasteiger charge is 2.20. The number of non-ortho nitro benzene ring substituents is 1. The average Bonchev–Trinajstić information content (AvgIpc) is 2.34. The van der Waals surface area contributed by atoms with E-state index in [2.05, 4.69) is 5.32 Å². The predicted octanol–water partition coefficient (Wildman–Crippen LogP) is 1.84. The molecule has 0 radical (unpaired) electrons. The zero-order valence-electron chi connectivity index (χ0n) is 9.92. The fraction of sp³-hybridized carbons (Fsp3) is 0.273. The summed E-state index contributed by atoms with van der Waals surface area (Å²) in [5, 5.41) is 21.7. The predicted molar refractivity (Wildman–Crippen MR) is 67.3 cm³/mol. The van der Waals surface area contributed by atoms with E-state index in [4.69, 9.17) is 16.7 Å². The lowest BCUT2D eigenvalue weighted by Crippen LogP contribution is -2.40. The van der Waals surface area contributed by atoms with Gasteiger partial charge in [0.15, 0.2) is 0 Å². The molecule has 1 aromatic carbocycles. The van der Waals surface area contributed by atoms with E-state index in [1.54, 1.807) is 6.92 Å². The van der Waals surface area contributed by atoms with Crippen LogP contribution < -0.4 is 5.32 Å². The number of amides is 1.